The van der Waals surface area contributed by atoms with E-state index in [0.29, 0.717) is 10.6 Å². The predicted octanol–water partition coefficient (Wildman–Crippen LogP) is 5.60. The number of amides is 1. The number of fused-ring (bicyclic) bond motifs is 1. The van der Waals surface area contributed by atoms with E-state index in [1.807, 2.05) is 0 Å². The smallest absolute Gasteiger partial charge is 0.346 e. The van der Waals surface area contributed by atoms with E-state index < -0.39 is 41.6 Å². The Morgan fingerprint density at radius 3 is 2.39 bits per heavy atom. The van der Waals surface area contributed by atoms with Crippen molar-refractivity contribution in [1.82, 2.24) is 19.9 Å². The van der Waals surface area contributed by atoms with Crippen molar-refractivity contribution >= 4 is 39.9 Å². The van der Waals surface area contributed by atoms with Gasteiger partial charge < -0.3 is 5.32 Å². The lowest BCUT2D eigenvalue weighted by Crippen LogP contribution is -2.46. The van der Waals surface area contributed by atoms with Crippen LogP contribution in [0.4, 0.5) is 39.5 Å². The molecule has 0 radical (unpaired) electrons. The molecule has 2 heterocycles. The maximum absolute atomic E-state index is 13.4. The molecule has 33 heavy (non-hydrogen) atoms. The Kier molecular flexibility index (Phi) is 6.41. The first-order chi connectivity index (χ1) is 15.1. The molecule has 1 aromatic carbocycles. The number of benzene rings is 1. The minimum atomic E-state index is -5.90. The molecule has 1 amide bonds. The van der Waals surface area contributed by atoms with Crippen LogP contribution in [-0.4, -0.2) is 39.1 Å². The maximum atomic E-state index is 13.4. The van der Waals surface area contributed by atoms with E-state index in [1.165, 1.54) is 5.32 Å². The van der Waals surface area contributed by atoms with Crippen LogP contribution in [0.2, 0.25) is 5.02 Å². The van der Waals surface area contributed by atoms with Crippen molar-refractivity contribution in [2.45, 2.75) is 18.3 Å². The highest BCUT2D eigenvalue weighted by Gasteiger charge is 2.57. The van der Waals surface area contributed by atoms with Gasteiger partial charge in [0, 0.05) is 11.6 Å². The quantitative estimate of drug-likeness (QED) is 0.351. The second-order valence-electron chi connectivity index (χ2n) is 6.32. The van der Waals surface area contributed by atoms with E-state index >= 15 is 0 Å². The van der Waals surface area contributed by atoms with Crippen molar-refractivity contribution in [3.05, 3.63) is 45.8 Å². The van der Waals surface area contributed by atoms with Crippen LogP contribution in [0.5, 0.6) is 0 Å². The summed E-state index contributed by atoms with van der Waals surface area (Å²) in [5.41, 5.74) is -0.395. The van der Waals surface area contributed by atoms with Crippen molar-refractivity contribution in [3.63, 3.8) is 0 Å². The van der Waals surface area contributed by atoms with Crippen LogP contribution >= 0.6 is 22.9 Å². The summed E-state index contributed by atoms with van der Waals surface area (Å²) in [5.74, 6) is -7.34. The van der Waals surface area contributed by atoms with Crippen LogP contribution < -0.4 is 5.32 Å². The van der Waals surface area contributed by atoms with Gasteiger partial charge in [-0.15, -0.1) is 5.10 Å². The molecule has 3 aromatic rings. The molecule has 3 rings (SSSR count). The van der Waals surface area contributed by atoms with Crippen molar-refractivity contribution in [2.75, 3.05) is 6.54 Å². The highest BCUT2D eigenvalue weighted by atomic mass is 35.5. The summed E-state index contributed by atoms with van der Waals surface area (Å²) in [4.78, 5) is 15.4. The molecule has 2 aromatic heterocycles. The largest absolute Gasteiger partial charge is 0.455 e. The molecule has 16 heteroatoms. The minimum Gasteiger partial charge on any atom is -0.346 e. The second-order valence-corrected chi connectivity index (χ2v) is 7.69. The molecule has 0 spiro atoms. The lowest BCUT2D eigenvalue weighted by atomic mass is 10.1. The Morgan fingerprint density at radius 1 is 1.15 bits per heavy atom. The number of nitrogens with one attached hydrogen (secondary N) is 1. The van der Waals surface area contributed by atoms with Crippen LogP contribution in [0.25, 0.3) is 22.3 Å². The first-order valence-corrected chi connectivity index (χ1v) is 9.62. The summed E-state index contributed by atoms with van der Waals surface area (Å²) in [6, 6.07) is 3.01. The highest BCUT2D eigenvalue weighted by Crippen LogP contribution is 2.37. The van der Waals surface area contributed by atoms with E-state index in [9.17, 15) is 44.3 Å². The Hall–Kier alpha value is -2.81. The van der Waals surface area contributed by atoms with Crippen molar-refractivity contribution in [3.8, 4) is 11.3 Å². The molecule has 178 valence electrons. The average Bonchev–Trinajstić information content (AvgIpc) is 3.22. The highest BCUT2D eigenvalue weighted by molar-refractivity contribution is 7.16. The molecule has 0 aliphatic rings. The van der Waals surface area contributed by atoms with Crippen molar-refractivity contribution in [2.24, 2.45) is 0 Å². The first-order valence-electron chi connectivity index (χ1n) is 8.43. The summed E-state index contributed by atoms with van der Waals surface area (Å²) < 4.78 is 116. The second kappa shape index (κ2) is 8.52. The Bertz CT molecular complexity index is 1230. The summed E-state index contributed by atoms with van der Waals surface area (Å²) >= 11 is 6.09. The zero-order chi connectivity index (χ0) is 24.8. The fraction of sp³-hybridized carbons (Fsp3) is 0.235. The predicted molar refractivity (Wildman–Crippen MR) is 99.3 cm³/mol. The van der Waals surface area contributed by atoms with Crippen molar-refractivity contribution < 1.29 is 44.3 Å². The molecule has 0 aliphatic carbocycles. The molecule has 5 nitrogen and oxygen atoms in total. The summed E-state index contributed by atoms with van der Waals surface area (Å²) in [6.07, 6.45) is -9.43. The van der Waals surface area contributed by atoms with Crippen LogP contribution in [0.1, 0.15) is 10.7 Å². The minimum absolute atomic E-state index is 0.0352. The Morgan fingerprint density at radius 2 is 1.82 bits per heavy atom. The van der Waals surface area contributed by atoms with E-state index in [0.717, 1.165) is 24.3 Å². The number of nitrogens with zero attached hydrogens (tertiary/aromatic N) is 3. The molecule has 0 aliphatic heterocycles. The van der Waals surface area contributed by atoms with Crippen LogP contribution in [0, 0.1) is 5.82 Å². The van der Waals surface area contributed by atoms with Gasteiger partial charge in [-0.05, 0) is 24.3 Å². The van der Waals surface area contributed by atoms with Gasteiger partial charge in [0.25, 0.3) is 0 Å². The molecule has 0 saturated carbocycles. The number of aromatic nitrogens is 3. The maximum Gasteiger partial charge on any atom is 0.455 e. The number of rotatable bonds is 5. The SMILES string of the molecule is O=C(C=Cc1c(-c2ccc(F)cc2Cl)nc2sc(C(F)(F)F)nn12)NCC(F)(F)C(F)(F)F. The van der Waals surface area contributed by atoms with Crippen LogP contribution in [0.15, 0.2) is 24.3 Å². The molecule has 0 atom stereocenters. The number of alkyl halides is 8. The van der Waals surface area contributed by atoms with Gasteiger partial charge in [-0.1, -0.05) is 22.9 Å². The summed E-state index contributed by atoms with van der Waals surface area (Å²) in [5, 5.41) is 3.21. The monoisotopic (exact) mass is 522 g/mol. The van der Waals surface area contributed by atoms with Crippen LogP contribution in [-0.2, 0) is 11.0 Å². The van der Waals surface area contributed by atoms with Crippen LogP contribution in [0.3, 0.4) is 0 Å². The van der Waals surface area contributed by atoms with Gasteiger partial charge in [0.1, 0.15) is 11.5 Å². The average molecular weight is 523 g/mol. The number of halogens is 10. The topological polar surface area (TPSA) is 59.3 Å². The molecular weight excluding hydrogens is 515 g/mol. The number of hydrogen-bond acceptors (Lipinski definition) is 4. The summed E-state index contributed by atoms with van der Waals surface area (Å²) in [7, 11) is 0. The zero-order valence-corrected chi connectivity index (χ0v) is 17.1. The lowest BCUT2D eigenvalue weighted by Gasteiger charge is -2.19. The standard InChI is InChI=1S/C17H8ClF9N4OS/c18-9-5-7(19)1-2-8(9)12-10(31-14(29-12)33-13(30-31)16(22,23)24)3-4-11(32)28-6-15(20,21)17(25,26)27/h1-5H,6H2,(H,28,32). The molecule has 0 fully saturated rings. The Balaban J connectivity index is 2.00. The fourth-order valence-corrected chi connectivity index (χ4v) is 3.45. The number of imidazole rings is 1. The van der Waals surface area contributed by atoms with Gasteiger partial charge >= 0.3 is 18.3 Å². The number of carbonyl (C=O) groups excluding carboxylic acids is 1. The normalized spacial score (nSPS) is 13.3. The van der Waals surface area contributed by atoms with E-state index in [4.69, 9.17) is 11.6 Å². The van der Waals surface area contributed by atoms with E-state index in [-0.39, 0.29) is 38.3 Å². The van der Waals surface area contributed by atoms with Gasteiger partial charge in [0.05, 0.1) is 17.3 Å². The van der Waals surface area contributed by atoms with Gasteiger partial charge in [0.2, 0.25) is 15.9 Å². The molecule has 0 saturated heterocycles. The van der Waals surface area contributed by atoms with Crippen molar-refractivity contribution in [1.29, 1.82) is 0 Å². The third-order valence-corrected chi connectivity index (χ3v) is 5.22. The number of hydrogen-bond donors (Lipinski definition) is 1. The van der Waals surface area contributed by atoms with Gasteiger partial charge in [-0.25, -0.2) is 13.9 Å². The fourth-order valence-electron chi connectivity index (χ4n) is 2.42. The molecule has 0 unspecified atom stereocenters. The third-order valence-electron chi connectivity index (χ3n) is 3.96. The summed E-state index contributed by atoms with van der Waals surface area (Å²) in [6.45, 7) is -2.06. The molecular formula is C17H8ClF9N4OS. The zero-order valence-electron chi connectivity index (χ0n) is 15.5. The van der Waals surface area contributed by atoms with E-state index in [2.05, 4.69) is 10.1 Å². The third kappa shape index (κ3) is 5.24. The van der Waals surface area contributed by atoms with Gasteiger partial charge in [-0.3, -0.25) is 4.79 Å². The van der Waals surface area contributed by atoms with Gasteiger partial charge in [0.15, 0.2) is 0 Å². The Labute approximate surface area is 186 Å². The lowest BCUT2D eigenvalue weighted by molar-refractivity contribution is -0.278. The van der Waals surface area contributed by atoms with E-state index in [1.54, 1.807) is 0 Å². The van der Waals surface area contributed by atoms with Gasteiger partial charge in [-0.2, -0.15) is 35.1 Å². The first kappa shape index (κ1) is 24.8. The molecule has 1 N–H and O–H groups in total. The number of carbonyl (C=O) groups is 1. The molecule has 0 bridgehead atoms.